The van der Waals surface area contributed by atoms with Crippen LogP contribution in [0.15, 0.2) is 53.7 Å². The third-order valence-corrected chi connectivity index (χ3v) is 4.70. The molecule has 2 aromatic carbocycles. The number of hydrogen-bond donors (Lipinski definition) is 2. The first kappa shape index (κ1) is 17.3. The molecule has 3 rings (SSSR count). The molecule has 5 nitrogen and oxygen atoms in total. The van der Waals surface area contributed by atoms with E-state index in [0.717, 1.165) is 17.1 Å². The van der Waals surface area contributed by atoms with Crippen molar-refractivity contribution in [2.45, 2.75) is 10.9 Å². The molecular formula is C16H12F2N4OS2. The van der Waals surface area contributed by atoms with Gasteiger partial charge in [-0.1, -0.05) is 36.0 Å². The van der Waals surface area contributed by atoms with Crippen LogP contribution in [-0.4, -0.2) is 15.4 Å². The van der Waals surface area contributed by atoms with Gasteiger partial charge in [0.1, 0.15) is 11.6 Å². The van der Waals surface area contributed by atoms with E-state index in [1.165, 1.54) is 42.1 Å². The van der Waals surface area contributed by atoms with Gasteiger partial charge in [0, 0.05) is 17.3 Å². The molecule has 128 valence electrons. The molecule has 2 amide bonds. The second-order valence-electron chi connectivity index (χ2n) is 4.86. The van der Waals surface area contributed by atoms with Gasteiger partial charge < -0.3 is 5.32 Å². The number of carbonyl (C=O) groups is 1. The predicted octanol–water partition coefficient (Wildman–Crippen LogP) is 4.75. The number of urea groups is 1. The van der Waals surface area contributed by atoms with Crippen molar-refractivity contribution < 1.29 is 13.6 Å². The van der Waals surface area contributed by atoms with Gasteiger partial charge in [0.05, 0.1) is 5.69 Å². The lowest BCUT2D eigenvalue weighted by atomic mass is 10.2. The molecule has 0 saturated carbocycles. The van der Waals surface area contributed by atoms with Crippen molar-refractivity contribution in [3.8, 4) is 0 Å². The van der Waals surface area contributed by atoms with E-state index in [1.54, 1.807) is 18.2 Å². The average molecular weight is 378 g/mol. The Kier molecular flexibility index (Phi) is 5.56. The summed E-state index contributed by atoms with van der Waals surface area (Å²) < 4.78 is 30.5. The Morgan fingerprint density at radius 3 is 2.60 bits per heavy atom. The summed E-state index contributed by atoms with van der Waals surface area (Å²) in [7, 11) is 0. The molecule has 0 radical (unpaired) electrons. The highest BCUT2D eigenvalue weighted by atomic mass is 32.2. The first-order valence-corrected chi connectivity index (χ1v) is 8.89. The zero-order chi connectivity index (χ0) is 17.6. The van der Waals surface area contributed by atoms with Crippen LogP contribution in [-0.2, 0) is 5.75 Å². The summed E-state index contributed by atoms with van der Waals surface area (Å²) in [6, 6.07) is 11.4. The maximum atomic E-state index is 13.5. The maximum absolute atomic E-state index is 13.5. The van der Waals surface area contributed by atoms with Crippen LogP contribution in [0.1, 0.15) is 5.56 Å². The van der Waals surface area contributed by atoms with Gasteiger partial charge in [-0.25, -0.2) is 13.6 Å². The number of halogens is 2. The zero-order valence-electron chi connectivity index (χ0n) is 12.7. The van der Waals surface area contributed by atoms with Crippen molar-refractivity contribution in [1.29, 1.82) is 0 Å². The summed E-state index contributed by atoms with van der Waals surface area (Å²) in [5.41, 5.74) is 1.02. The molecule has 0 spiro atoms. The van der Waals surface area contributed by atoms with Crippen LogP contribution >= 0.6 is 23.3 Å². The summed E-state index contributed by atoms with van der Waals surface area (Å²) in [5, 5.41) is 5.71. The SMILES string of the molecule is O=C(Nc1nc(SCc2ccc(F)cc2)ns1)Nc1ccccc1F. The van der Waals surface area contributed by atoms with E-state index in [4.69, 9.17) is 0 Å². The van der Waals surface area contributed by atoms with Crippen molar-refractivity contribution in [2.75, 3.05) is 10.6 Å². The Bertz CT molecular complexity index is 871. The van der Waals surface area contributed by atoms with E-state index in [0.29, 0.717) is 16.0 Å². The van der Waals surface area contributed by atoms with Crippen molar-refractivity contribution in [1.82, 2.24) is 9.36 Å². The maximum Gasteiger partial charge on any atom is 0.325 e. The van der Waals surface area contributed by atoms with Crippen LogP contribution in [0.5, 0.6) is 0 Å². The van der Waals surface area contributed by atoms with Crippen LogP contribution in [0.3, 0.4) is 0 Å². The number of hydrogen-bond acceptors (Lipinski definition) is 5. The van der Waals surface area contributed by atoms with Crippen molar-refractivity contribution in [3.05, 3.63) is 65.7 Å². The lowest BCUT2D eigenvalue weighted by molar-refractivity contribution is 0.262. The molecule has 0 aliphatic heterocycles. The van der Waals surface area contributed by atoms with Gasteiger partial charge in [-0.3, -0.25) is 5.32 Å². The Hall–Kier alpha value is -2.52. The fraction of sp³-hybridized carbons (Fsp3) is 0.0625. The van der Waals surface area contributed by atoms with Crippen LogP contribution in [0.2, 0.25) is 0 Å². The Morgan fingerprint density at radius 2 is 1.84 bits per heavy atom. The van der Waals surface area contributed by atoms with Crippen LogP contribution in [0.4, 0.5) is 24.4 Å². The van der Waals surface area contributed by atoms with E-state index in [-0.39, 0.29) is 11.5 Å². The minimum atomic E-state index is -0.601. The summed E-state index contributed by atoms with van der Waals surface area (Å²) in [6.07, 6.45) is 0. The van der Waals surface area contributed by atoms with Gasteiger partial charge >= 0.3 is 6.03 Å². The highest BCUT2D eigenvalue weighted by molar-refractivity contribution is 7.98. The molecule has 0 bridgehead atoms. The topological polar surface area (TPSA) is 66.9 Å². The molecule has 9 heteroatoms. The molecule has 3 aromatic rings. The zero-order valence-corrected chi connectivity index (χ0v) is 14.3. The number of aromatic nitrogens is 2. The Balaban J connectivity index is 1.53. The molecule has 1 aromatic heterocycles. The molecule has 1 heterocycles. The number of para-hydroxylation sites is 1. The molecule has 0 atom stereocenters. The lowest BCUT2D eigenvalue weighted by Crippen LogP contribution is -2.19. The quantitative estimate of drug-likeness (QED) is 0.629. The number of nitrogens with one attached hydrogen (secondary N) is 2. The monoisotopic (exact) mass is 378 g/mol. The largest absolute Gasteiger partial charge is 0.325 e. The third kappa shape index (κ3) is 4.97. The second kappa shape index (κ2) is 8.04. The number of amides is 2. The summed E-state index contributed by atoms with van der Waals surface area (Å²) >= 11 is 2.39. The third-order valence-electron chi connectivity index (χ3n) is 3.03. The van der Waals surface area contributed by atoms with Crippen LogP contribution in [0, 0.1) is 11.6 Å². The van der Waals surface area contributed by atoms with Gasteiger partial charge in [-0.05, 0) is 29.8 Å². The summed E-state index contributed by atoms with van der Waals surface area (Å²) in [6.45, 7) is 0. The fourth-order valence-electron chi connectivity index (χ4n) is 1.86. The lowest BCUT2D eigenvalue weighted by Gasteiger charge is -2.05. The molecule has 0 unspecified atom stereocenters. The van der Waals surface area contributed by atoms with E-state index in [1.807, 2.05) is 0 Å². The summed E-state index contributed by atoms with van der Waals surface area (Å²) in [4.78, 5) is 16.0. The first-order chi connectivity index (χ1) is 12.1. The number of carbonyl (C=O) groups excluding carboxylic acids is 1. The molecule has 25 heavy (non-hydrogen) atoms. The van der Waals surface area contributed by atoms with Gasteiger partial charge in [0.15, 0.2) is 0 Å². The number of thioether (sulfide) groups is 1. The minimum absolute atomic E-state index is 0.0791. The predicted molar refractivity (Wildman–Crippen MR) is 94.9 cm³/mol. The van der Waals surface area contributed by atoms with Gasteiger partial charge in [-0.15, -0.1) is 0 Å². The van der Waals surface area contributed by atoms with Crippen molar-refractivity contribution in [2.24, 2.45) is 0 Å². The number of anilines is 2. The standard InChI is InChI=1S/C16H12F2N4OS2/c17-11-7-5-10(6-8-11)9-24-16-21-15(25-22-16)20-14(23)19-13-4-2-1-3-12(13)18/h1-8H,9H2,(H2,19,20,21,22,23). The molecule has 2 N–H and O–H groups in total. The second-order valence-corrected chi connectivity index (χ2v) is 6.55. The van der Waals surface area contributed by atoms with Gasteiger partial charge in [-0.2, -0.15) is 9.36 Å². The number of rotatable bonds is 5. The van der Waals surface area contributed by atoms with E-state index >= 15 is 0 Å². The van der Waals surface area contributed by atoms with Gasteiger partial charge in [0.25, 0.3) is 0 Å². The average Bonchev–Trinajstić information content (AvgIpc) is 3.04. The van der Waals surface area contributed by atoms with Gasteiger partial charge in [0.2, 0.25) is 10.3 Å². The van der Waals surface area contributed by atoms with E-state index < -0.39 is 11.8 Å². The normalized spacial score (nSPS) is 10.5. The molecule has 0 aliphatic carbocycles. The summed E-state index contributed by atoms with van der Waals surface area (Å²) in [5.74, 6) is -0.226. The highest BCUT2D eigenvalue weighted by Crippen LogP contribution is 2.24. The van der Waals surface area contributed by atoms with Crippen molar-refractivity contribution >= 4 is 40.1 Å². The fourth-order valence-corrected chi connectivity index (χ4v) is 3.36. The Labute approximate surface area is 150 Å². The smallest absolute Gasteiger partial charge is 0.305 e. The number of benzene rings is 2. The number of nitrogens with zero attached hydrogens (tertiary/aromatic N) is 2. The van der Waals surface area contributed by atoms with Crippen molar-refractivity contribution in [3.63, 3.8) is 0 Å². The Morgan fingerprint density at radius 1 is 1.08 bits per heavy atom. The van der Waals surface area contributed by atoms with Crippen LogP contribution < -0.4 is 10.6 Å². The van der Waals surface area contributed by atoms with E-state index in [9.17, 15) is 13.6 Å². The molecular weight excluding hydrogens is 366 g/mol. The first-order valence-electron chi connectivity index (χ1n) is 7.13. The minimum Gasteiger partial charge on any atom is -0.305 e. The highest BCUT2D eigenvalue weighted by Gasteiger charge is 2.10. The molecule has 0 aliphatic rings. The van der Waals surface area contributed by atoms with E-state index in [2.05, 4.69) is 20.0 Å². The molecule has 0 fully saturated rings. The van der Waals surface area contributed by atoms with Crippen LogP contribution in [0.25, 0.3) is 0 Å². The molecule has 0 saturated heterocycles.